The van der Waals surface area contributed by atoms with Crippen LogP contribution in [-0.2, 0) is 20.7 Å². The van der Waals surface area contributed by atoms with Crippen molar-refractivity contribution >= 4 is 12.1 Å². The Hall–Kier alpha value is -2.56. The highest BCUT2D eigenvalue weighted by Gasteiger charge is 2.31. The van der Waals surface area contributed by atoms with Crippen LogP contribution in [0.4, 0.5) is 4.79 Å². The number of ether oxygens (including phenoxy) is 4. The Balaban J connectivity index is 3.15. The molecule has 4 unspecified atom stereocenters. The second-order valence-electron chi connectivity index (χ2n) is 12.1. The lowest BCUT2D eigenvalue weighted by molar-refractivity contribution is -0.142. The minimum atomic E-state index is -1.06. The van der Waals surface area contributed by atoms with E-state index in [0.717, 1.165) is 24.8 Å². The average molecular weight is 583 g/mol. The van der Waals surface area contributed by atoms with Crippen molar-refractivity contribution in [3.8, 4) is 11.5 Å². The minimum Gasteiger partial charge on any atom is -0.490 e. The number of rotatable bonds is 20. The number of benzene rings is 1. The smallest absolute Gasteiger partial charge is 0.407 e. The molecule has 0 heterocycles. The van der Waals surface area contributed by atoms with E-state index in [0.29, 0.717) is 50.7 Å². The molecular weight excluding hydrogens is 528 g/mol. The van der Waals surface area contributed by atoms with Crippen LogP contribution in [0.2, 0.25) is 0 Å². The van der Waals surface area contributed by atoms with Crippen molar-refractivity contribution in [3.05, 3.63) is 23.8 Å². The highest BCUT2D eigenvalue weighted by atomic mass is 16.6. The maximum Gasteiger partial charge on any atom is 0.407 e. The maximum atomic E-state index is 12.7. The first-order valence-corrected chi connectivity index (χ1v) is 14.7. The Morgan fingerprint density at radius 2 is 1.63 bits per heavy atom. The number of methoxy groups -OCH3 is 1. The molecule has 5 N–H and O–H groups in total. The number of amides is 1. The molecule has 1 aromatic rings. The number of unbranched alkanes of at least 4 members (excludes halogenated alkanes) is 1. The topological polar surface area (TPSA) is 150 Å². The number of hydrogen-bond acceptors (Lipinski definition) is 8. The third-order valence-electron chi connectivity index (χ3n) is 6.80. The third kappa shape index (κ3) is 15.3. The largest absolute Gasteiger partial charge is 0.490 e. The average Bonchev–Trinajstić information content (AvgIpc) is 2.87. The molecule has 0 saturated heterocycles. The van der Waals surface area contributed by atoms with Crippen LogP contribution in [0, 0.1) is 17.8 Å². The van der Waals surface area contributed by atoms with Crippen molar-refractivity contribution in [3.63, 3.8) is 0 Å². The fraction of sp³-hybridized carbons (Fsp3) is 0.742. The van der Waals surface area contributed by atoms with E-state index in [9.17, 15) is 19.8 Å². The Morgan fingerprint density at radius 1 is 0.976 bits per heavy atom. The Kier molecular flexibility index (Phi) is 16.7. The van der Waals surface area contributed by atoms with Gasteiger partial charge in [0, 0.05) is 20.1 Å². The third-order valence-corrected chi connectivity index (χ3v) is 6.80. The number of nitrogens with two attached hydrogens (primary N) is 1. The number of carboxylic acid groups (broad SMARTS) is 1. The molecule has 0 fully saturated rings. The van der Waals surface area contributed by atoms with Gasteiger partial charge in [-0.15, -0.1) is 0 Å². The molecule has 1 amide bonds. The number of nitrogens with one attached hydrogen (secondary N) is 1. The van der Waals surface area contributed by atoms with Gasteiger partial charge in [-0.3, -0.25) is 4.79 Å². The molecule has 4 atom stereocenters. The Labute approximate surface area is 246 Å². The molecule has 0 aliphatic rings. The number of aliphatic hydroxyl groups excluding tert-OH is 1. The van der Waals surface area contributed by atoms with Gasteiger partial charge in [0.25, 0.3) is 0 Å². The number of carboxylic acids is 1. The van der Waals surface area contributed by atoms with Crippen molar-refractivity contribution in [2.24, 2.45) is 23.5 Å². The number of carbonyl (C=O) groups is 2. The lowest BCUT2D eigenvalue weighted by Crippen LogP contribution is -2.47. The van der Waals surface area contributed by atoms with Crippen molar-refractivity contribution in [2.45, 2.75) is 97.8 Å². The lowest BCUT2D eigenvalue weighted by atomic mass is 9.82. The van der Waals surface area contributed by atoms with Gasteiger partial charge in [0.1, 0.15) is 5.60 Å². The van der Waals surface area contributed by atoms with Crippen LogP contribution in [0.25, 0.3) is 0 Å². The summed E-state index contributed by atoms with van der Waals surface area (Å²) in [5, 5.41) is 23.2. The summed E-state index contributed by atoms with van der Waals surface area (Å²) in [5.74, 6) is -0.161. The van der Waals surface area contributed by atoms with Gasteiger partial charge in [-0.1, -0.05) is 26.8 Å². The van der Waals surface area contributed by atoms with Crippen molar-refractivity contribution in [2.75, 3.05) is 33.5 Å². The van der Waals surface area contributed by atoms with E-state index in [4.69, 9.17) is 24.7 Å². The molecule has 1 aromatic carbocycles. The van der Waals surface area contributed by atoms with E-state index in [1.165, 1.54) is 0 Å². The SMILES string of the molecule is COCCCOc1cc(CC(CC(NC(=O)OC(C)(C)C)C(O)CC(C)C(=O)O)C(C)C)ccc1OCCCCN. The second-order valence-corrected chi connectivity index (χ2v) is 12.1. The summed E-state index contributed by atoms with van der Waals surface area (Å²) < 4.78 is 22.6. The van der Waals surface area contributed by atoms with E-state index in [1.54, 1.807) is 34.8 Å². The molecule has 236 valence electrons. The monoisotopic (exact) mass is 582 g/mol. The normalized spacial score (nSPS) is 14.7. The van der Waals surface area contributed by atoms with Gasteiger partial charge >= 0.3 is 12.1 Å². The van der Waals surface area contributed by atoms with Crippen LogP contribution in [0.1, 0.15) is 79.2 Å². The van der Waals surface area contributed by atoms with Crippen LogP contribution in [0.5, 0.6) is 11.5 Å². The molecule has 10 nitrogen and oxygen atoms in total. The molecule has 0 aromatic heterocycles. The van der Waals surface area contributed by atoms with Crippen molar-refractivity contribution in [1.82, 2.24) is 5.32 Å². The zero-order chi connectivity index (χ0) is 31.0. The zero-order valence-electron chi connectivity index (χ0n) is 26.1. The van der Waals surface area contributed by atoms with Crippen molar-refractivity contribution in [1.29, 1.82) is 0 Å². The molecule has 41 heavy (non-hydrogen) atoms. The van der Waals surface area contributed by atoms with E-state index < -0.39 is 35.7 Å². The van der Waals surface area contributed by atoms with Crippen molar-refractivity contribution < 1.29 is 38.7 Å². The van der Waals surface area contributed by atoms with Crippen LogP contribution >= 0.6 is 0 Å². The van der Waals surface area contributed by atoms with Gasteiger partial charge in [0.2, 0.25) is 0 Å². The summed E-state index contributed by atoms with van der Waals surface area (Å²) in [7, 11) is 1.66. The number of alkyl carbamates (subject to hydrolysis) is 1. The molecule has 10 heteroatoms. The first-order chi connectivity index (χ1) is 19.3. The van der Waals surface area contributed by atoms with E-state index in [-0.39, 0.29) is 18.3 Å². The van der Waals surface area contributed by atoms with Gasteiger partial charge in [-0.05, 0) is 89.0 Å². The molecule has 0 aliphatic carbocycles. The molecule has 0 spiro atoms. The molecule has 0 aliphatic heterocycles. The van der Waals surface area contributed by atoms with Crippen LogP contribution in [-0.4, -0.2) is 73.5 Å². The summed E-state index contributed by atoms with van der Waals surface area (Å²) in [6, 6.07) is 5.23. The quantitative estimate of drug-likeness (QED) is 0.159. The highest BCUT2D eigenvalue weighted by molar-refractivity contribution is 5.70. The fourth-order valence-corrected chi connectivity index (χ4v) is 4.34. The molecule has 0 bridgehead atoms. The van der Waals surface area contributed by atoms with Gasteiger partial charge in [0.05, 0.1) is 31.3 Å². The van der Waals surface area contributed by atoms with Crippen LogP contribution < -0.4 is 20.5 Å². The Bertz CT molecular complexity index is 903. The summed E-state index contributed by atoms with van der Waals surface area (Å²) in [6.45, 7) is 13.3. The predicted octanol–water partition coefficient (Wildman–Crippen LogP) is 4.79. The lowest BCUT2D eigenvalue weighted by Gasteiger charge is -2.32. The summed E-state index contributed by atoms with van der Waals surface area (Å²) in [4.78, 5) is 24.1. The number of hydrogen-bond donors (Lipinski definition) is 4. The maximum absolute atomic E-state index is 12.7. The predicted molar refractivity (Wildman–Crippen MR) is 159 cm³/mol. The second kappa shape index (κ2) is 18.8. The van der Waals surface area contributed by atoms with Crippen LogP contribution in [0.15, 0.2) is 18.2 Å². The molecular formula is C31H54N2O8. The first kappa shape index (κ1) is 36.5. The standard InChI is InChI=1S/C31H54N2O8/c1-21(2)24(20-25(26(34)17-22(3)29(35)36)33-30(37)41-31(4,5)6)18-23-11-12-27(39-15-9-8-13-32)28(19-23)40-16-10-14-38-7/h11-12,19,21-22,24-26,34H,8-10,13-18,20,32H2,1-7H3,(H,33,37)(H,35,36). The number of aliphatic carboxylic acids is 1. The molecule has 0 saturated carbocycles. The number of aliphatic hydroxyl groups is 1. The zero-order valence-corrected chi connectivity index (χ0v) is 26.1. The van der Waals surface area contributed by atoms with Gasteiger partial charge in [-0.25, -0.2) is 4.79 Å². The minimum absolute atomic E-state index is 0.0102. The molecule has 1 rings (SSSR count). The highest BCUT2D eigenvalue weighted by Crippen LogP contribution is 2.32. The van der Waals surface area contributed by atoms with E-state index in [1.807, 2.05) is 18.2 Å². The molecule has 0 radical (unpaired) electrons. The summed E-state index contributed by atoms with van der Waals surface area (Å²) in [6.07, 6.45) is 1.88. The van der Waals surface area contributed by atoms with Crippen LogP contribution in [0.3, 0.4) is 0 Å². The van der Waals surface area contributed by atoms with E-state index in [2.05, 4.69) is 19.2 Å². The first-order valence-electron chi connectivity index (χ1n) is 14.7. The Morgan fingerprint density at radius 3 is 2.22 bits per heavy atom. The summed E-state index contributed by atoms with van der Waals surface area (Å²) >= 11 is 0. The van der Waals surface area contributed by atoms with Gasteiger partial charge in [0.15, 0.2) is 11.5 Å². The van der Waals surface area contributed by atoms with E-state index >= 15 is 0 Å². The number of carbonyl (C=O) groups excluding carboxylic acids is 1. The summed E-state index contributed by atoms with van der Waals surface area (Å²) in [5.41, 5.74) is 5.92. The van der Waals surface area contributed by atoms with Gasteiger partial charge < -0.3 is 40.2 Å². The fourth-order valence-electron chi connectivity index (χ4n) is 4.34. The van der Waals surface area contributed by atoms with Gasteiger partial charge in [-0.2, -0.15) is 0 Å².